The zero-order chi connectivity index (χ0) is 7.28. The van der Waals surface area contributed by atoms with E-state index in [2.05, 4.69) is 31.9 Å². The minimum atomic E-state index is -0.343. The van der Waals surface area contributed by atoms with Crippen LogP contribution in [0, 0.1) is 0 Å². The molecule has 0 aliphatic heterocycles. The molecule has 0 bridgehead atoms. The van der Waals surface area contributed by atoms with E-state index in [9.17, 15) is 0 Å². The molecule has 1 nitrogen and oxygen atoms in total. The summed E-state index contributed by atoms with van der Waals surface area (Å²) in [5, 5.41) is 1.18. The molecule has 9 heavy (non-hydrogen) atoms. The van der Waals surface area contributed by atoms with Crippen LogP contribution in [-0.2, 0) is 4.74 Å². The van der Waals surface area contributed by atoms with Crippen molar-refractivity contribution in [1.82, 2.24) is 0 Å². The second kappa shape index (κ2) is 6.23. The molecule has 0 aliphatic rings. The van der Waals surface area contributed by atoms with Crippen LogP contribution in [0.1, 0.15) is 0 Å². The first-order chi connectivity index (χ1) is 4.20. The fourth-order valence-electron chi connectivity index (χ4n) is 0.233. The van der Waals surface area contributed by atoms with Gasteiger partial charge in [0.05, 0.1) is 0 Å². The van der Waals surface area contributed by atoms with E-state index < -0.39 is 0 Å². The normalized spacial score (nSPS) is 17.3. The zero-order valence-electron chi connectivity index (χ0n) is 4.49. The smallest absolute Gasteiger partial charge is 0.142 e. The predicted molar refractivity (Wildman–Crippen MR) is 48.0 cm³/mol. The van der Waals surface area contributed by atoms with Crippen molar-refractivity contribution >= 4 is 55.1 Å². The quantitative estimate of drug-likeness (QED) is 0.726. The van der Waals surface area contributed by atoms with Gasteiger partial charge in [-0.3, -0.25) is 0 Å². The minimum absolute atomic E-state index is 0.343. The van der Waals surface area contributed by atoms with Crippen LogP contribution in [0.4, 0.5) is 0 Å². The van der Waals surface area contributed by atoms with Crippen molar-refractivity contribution in [3.63, 3.8) is 0 Å². The molecular formula is C4H6Br2Cl2O. The highest BCUT2D eigenvalue weighted by Crippen LogP contribution is 2.10. The Bertz CT molecular complexity index is 65.6. The van der Waals surface area contributed by atoms with Crippen molar-refractivity contribution in [2.45, 2.75) is 11.1 Å². The first-order valence-electron chi connectivity index (χ1n) is 2.26. The van der Waals surface area contributed by atoms with Crippen LogP contribution in [-0.4, -0.2) is 21.8 Å². The van der Waals surface area contributed by atoms with Crippen LogP contribution >= 0.6 is 55.1 Å². The number of halogens is 4. The van der Waals surface area contributed by atoms with Crippen molar-refractivity contribution in [3.8, 4) is 0 Å². The average Bonchev–Trinajstić information content (AvgIpc) is 1.87. The van der Waals surface area contributed by atoms with Crippen LogP contribution in [0.2, 0.25) is 0 Å². The number of alkyl halides is 4. The van der Waals surface area contributed by atoms with E-state index in [0.717, 1.165) is 0 Å². The van der Waals surface area contributed by atoms with Gasteiger partial charge in [0.25, 0.3) is 0 Å². The molecule has 2 unspecified atom stereocenters. The van der Waals surface area contributed by atoms with E-state index >= 15 is 0 Å². The molecule has 0 N–H and O–H groups in total. The highest BCUT2D eigenvalue weighted by molar-refractivity contribution is 9.09. The number of hydrogen-bond donors (Lipinski definition) is 0. The fourth-order valence-corrected chi connectivity index (χ4v) is 0.839. The van der Waals surface area contributed by atoms with Crippen LogP contribution in [0.25, 0.3) is 0 Å². The van der Waals surface area contributed by atoms with E-state index in [0.29, 0.717) is 10.7 Å². The molecule has 0 aliphatic carbocycles. The predicted octanol–water partition coefficient (Wildman–Crippen LogP) is 2.92. The van der Waals surface area contributed by atoms with Gasteiger partial charge in [0.2, 0.25) is 0 Å². The maximum Gasteiger partial charge on any atom is 0.142 e. The Morgan fingerprint density at radius 1 is 1.11 bits per heavy atom. The van der Waals surface area contributed by atoms with Crippen molar-refractivity contribution in [2.24, 2.45) is 0 Å². The molecule has 0 heterocycles. The summed E-state index contributed by atoms with van der Waals surface area (Å²) in [5.41, 5.74) is -0.685. The fraction of sp³-hybridized carbons (Fsp3) is 1.00. The molecule has 0 aromatic heterocycles. The van der Waals surface area contributed by atoms with Crippen molar-refractivity contribution in [3.05, 3.63) is 0 Å². The second-order valence-electron chi connectivity index (χ2n) is 1.26. The molecule has 0 spiro atoms. The third kappa shape index (κ3) is 5.92. The SMILES string of the molecule is ClC(CBr)OC(Cl)CBr. The second-order valence-corrected chi connectivity index (χ2v) is 3.53. The summed E-state index contributed by atoms with van der Waals surface area (Å²) in [5.74, 6) is 0. The summed E-state index contributed by atoms with van der Waals surface area (Å²) in [6.07, 6.45) is 0. The summed E-state index contributed by atoms with van der Waals surface area (Å²) in [6, 6.07) is 0. The first kappa shape index (κ1) is 10.5. The van der Waals surface area contributed by atoms with Gasteiger partial charge in [-0.05, 0) is 0 Å². The van der Waals surface area contributed by atoms with E-state index in [1.165, 1.54) is 0 Å². The standard InChI is InChI=1S/C4H6Br2Cl2O/c5-1-3(7)9-4(8)2-6/h3-4H,1-2H2. The van der Waals surface area contributed by atoms with Gasteiger partial charge in [-0.1, -0.05) is 55.1 Å². The van der Waals surface area contributed by atoms with Crippen molar-refractivity contribution in [2.75, 3.05) is 10.7 Å². The third-order valence-corrected chi connectivity index (χ3v) is 2.97. The Kier molecular flexibility index (Phi) is 7.26. The largest absolute Gasteiger partial charge is 0.342 e. The maximum absolute atomic E-state index is 5.56. The summed E-state index contributed by atoms with van der Waals surface area (Å²) in [4.78, 5) is 0. The molecule has 56 valence electrons. The Balaban J connectivity index is 3.22. The Morgan fingerprint density at radius 2 is 1.44 bits per heavy atom. The maximum atomic E-state index is 5.56. The first-order valence-corrected chi connectivity index (χ1v) is 5.37. The Labute approximate surface area is 81.3 Å². The highest BCUT2D eigenvalue weighted by Gasteiger charge is 2.08. The molecule has 5 heteroatoms. The lowest BCUT2D eigenvalue weighted by atomic mass is 10.8. The molecule has 0 aromatic carbocycles. The van der Waals surface area contributed by atoms with E-state index in [1.54, 1.807) is 0 Å². The van der Waals surface area contributed by atoms with Crippen molar-refractivity contribution in [1.29, 1.82) is 0 Å². The lowest BCUT2D eigenvalue weighted by Gasteiger charge is -2.10. The number of ether oxygens (including phenoxy) is 1. The molecule has 0 aromatic rings. The Hall–Kier alpha value is 1.50. The van der Waals surface area contributed by atoms with E-state index in [4.69, 9.17) is 27.9 Å². The summed E-state index contributed by atoms with van der Waals surface area (Å²) in [7, 11) is 0. The zero-order valence-corrected chi connectivity index (χ0v) is 9.17. The molecule has 0 saturated carbocycles. The number of rotatable bonds is 4. The molecule has 0 rings (SSSR count). The third-order valence-electron chi connectivity index (χ3n) is 0.538. The van der Waals surface area contributed by atoms with Crippen LogP contribution in [0.15, 0.2) is 0 Å². The monoisotopic (exact) mass is 298 g/mol. The van der Waals surface area contributed by atoms with Gasteiger partial charge < -0.3 is 4.74 Å². The molecule has 0 radical (unpaired) electrons. The molecular weight excluding hydrogens is 295 g/mol. The summed E-state index contributed by atoms with van der Waals surface area (Å²) >= 11 is 17.4. The minimum Gasteiger partial charge on any atom is -0.342 e. The van der Waals surface area contributed by atoms with Crippen LogP contribution in [0.3, 0.4) is 0 Å². The Morgan fingerprint density at radius 3 is 1.67 bits per heavy atom. The topological polar surface area (TPSA) is 9.23 Å². The molecule has 0 saturated heterocycles. The van der Waals surface area contributed by atoms with Gasteiger partial charge in [-0.15, -0.1) is 0 Å². The molecule has 0 amide bonds. The lowest BCUT2D eigenvalue weighted by molar-refractivity contribution is 0.111. The van der Waals surface area contributed by atoms with Gasteiger partial charge in [0.1, 0.15) is 11.1 Å². The van der Waals surface area contributed by atoms with E-state index in [-0.39, 0.29) is 11.1 Å². The average molecular weight is 301 g/mol. The molecule has 2 atom stereocenters. The van der Waals surface area contributed by atoms with Gasteiger partial charge >= 0.3 is 0 Å². The lowest BCUT2D eigenvalue weighted by Crippen LogP contribution is -2.14. The van der Waals surface area contributed by atoms with Gasteiger partial charge in [-0.2, -0.15) is 0 Å². The van der Waals surface area contributed by atoms with Crippen LogP contribution < -0.4 is 0 Å². The van der Waals surface area contributed by atoms with Gasteiger partial charge in [-0.25, -0.2) is 0 Å². The van der Waals surface area contributed by atoms with E-state index in [1.807, 2.05) is 0 Å². The van der Waals surface area contributed by atoms with Crippen molar-refractivity contribution < 1.29 is 4.74 Å². The highest BCUT2D eigenvalue weighted by atomic mass is 79.9. The molecule has 0 fully saturated rings. The number of hydrogen-bond acceptors (Lipinski definition) is 1. The summed E-state index contributed by atoms with van der Waals surface area (Å²) in [6.45, 7) is 0. The van der Waals surface area contributed by atoms with Gasteiger partial charge in [0.15, 0.2) is 0 Å². The summed E-state index contributed by atoms with van der Waals surface area (Å²) < 4.78 is 4.99. The van der Waals surface area contributed by atoms with Gasteiger partial charge in [0, 0.05) is 10.7 Å². The van der Waals surface area contributed by atoms with Crippen LogP contribution in [0.5, 0.6) is 0 Å².